The topological polar surface area (TPSA) is 82.1 Å². The number of fused-ring (bicyclic) bond motifs is 1. The third-order valence-electron chi connectivity index (χ3n) is 6.85. The number of carbonyl (C=O) groups is 2. The highest BCUT2D eigenvalue weighted by Crippen LogP contribution is 2.40. The molecule has 1 aliphatic carbocycles. The van der Waals surface area contributed by atoms with Gasteiger partial charge in [-0.3, -0.25) is 0 Å². The molecule has 1 N–H and O–H groups in total. The van der Waals surface area contributed by atoms with E-state index in [1.807, 2.05) is 31.2 Å². The molecule has 0 saturated heterocycles. The summed E-state index contributed by atoms with van der Waals surface area (Å²) in [5, 5.41) is 10.9. The van der Waals surface area contributed by atoms with Crippen LogP contribution in [0, 0.1) is 24.2 Å². The summed E-state index contributed by atoms with van der Waals surface area (Å²) in [4.78, 5) is 25.2. The van der Waals surface area contributed by atoms with Crippen LogP contribution in [0.2, 0.25) is 0 Å². The molecule has 0 bridgehead atoms. The number of terminal acetylenes is 1. The van der Waals surface area contributed by atoms with Crippen LogP contribution in [0.25, 0.3) is 0 Å². The van der Waals surface area contributed by atoms with Gasteiger partial charge in [0.1, 0.15) is 0 Å². The minimum atomic E-state index is -0.871. The number of carbonyl (C=O) groups excluding carboxylic acids is 2. The molecule has 0 aromatic heterocycles. The van der Waals surface area contributed by atoms with E-state index >= 15 is 0 Å². The summed E-state index contributed by atoms with van der Waals surface area (Å²) >= 11 is 3.44. The normalized spacial score (nSPS) is 28.8. The second-order valence-corrected chi connectivity index (χ2v) is 10.7. The Bertz CT molecular complexity index is 979. The van der Waals surface area contributed by atoms with Gasteiger partial charge in [-0.25, -0.2) is 9.59 Å². The van der Waals surface area contributed by atoms with Crippen molar-refractivity contribution in [3.8, 4) is 12.3 Å². The van der Waals surface area contributed by atoms with E-state index in [0.29, 0.717) is 31.2 Å². The van der Waals surface area contributed by atoms with Crippen molar-refractivity contribution in [3.05, 3.63) is 58.6 Å². The van der Waals surface area contributed by atoms with Gasteiger partial charge in [0.05, 0.1) is 24.9 Å². The lowest BCUT2D eigenvalue weighted by molar-refractivity contribution is -0.162. The van der Waals surface area contributed by atoms with E-state index in [0.717, 1.165) is 30.2 Å². The number of hydrogen-bond acceptors (Lipinski definition) is 6. The van der Waals surface area contributed by atoms with E-state index < -0.39 is 24.1 Å². The van der Waals surface area contributed by atoms with E-state index in [1.54, 1.807) is 0 Å². The highest BCUT2D eigenvalue weighted by Gasteiger charge is 2.39. The quantitative estimate of drug-likeness (QED) is 0.182. The van der Waals surface area contributed by atoms with Crippen molar-refractivity contribution in [1.29, 1.82) is 0 Å². The van der Waals surface area contributed by atoms with Crippen LogP contribution in [0.15, 0.2) is 53.0 Å². The first-order chi connectivity index (χ1) is 17.9. The smallest absolute Gasteiger partial charge is 0.339 e. The minimum Gasteiger partial charge on any atom is -0.464 e. The maximum Gasteiger partial charge on any atom is 0.339 e. The lowest BCUT2D eigenvalue weighted by Gasteiger charge is -2.22. The van der Waals surface area contributed by atoms with Gasteiger partial charge in [-0.2, -0.15) is 0 Å². The Balaban J connectivity index is 1.73. The number of benzene rings is 1. The van der Waals surface area contributed by atoms with E-state index in [4.69, 9.17) is 20.6 Å². The van der Waals surface area contributed by atoms with Gasteiger partial charge in [0.2, 0.25) is 0 Å². The van der Waals surface area contributed by atoms with Crippen LogP contribution in [0.1, 0.15) is 70.0 Å². The maximum absolute atomic E-state index is 13.1. The van der Waals surface area contributed by atoms with Crippen LogP contribution in [-0.2, 0) is 23.8 Å². The summed E-state index contributed by atoms with van der Waals surface area (Å²) in [6.45, 7) is 2.17. The Kier molecular flexibility index (Phi) is 11.9. The summed E-state index contributed by atoms with van der Waals surface area (Å²) in [6, 6.07) is 7.43. The molecule has 0 amide bonds. The number of hydrogen-bond donors (Lipinski definition) is 1. The monoisotopic (exact) mass is 572 g/mol. The Morgan fingerprint density at radius 1 is 1.24 bits per heavy atom. The predicted molar refractivity (Wildman–Crippen MR) is 145 cm³/mol. The number of cyclic esters (lactones) is 1. The summed E-state index contributed by atoms with van der Waals surface area (Å²) in [7, 11) is 0. The summed E-state index contributed by atoms with van der Waals surface area (Å²) in [5.74, 6) is 1.63. The highest BCUT2D eigenvalue weighted by molar-refractivity contribution is 9.10. The van der Waals surface area contributed by atoms with Gasteiger partial charge in [-0.15, -0.1) is 12.3 Å². The van der Waals surface area contributed by atoms with Crippen molar-refractivity contribution in [2.75, 3.05) is 6.61 Å². The third-order valence-corrected chi connectivity index (χ3v) is 7.37. The van der Waals surface area contributed by atoms with Crippen LogP contribution in [0.4, 0.5) is 0 Å². The van der Waals surface area contributed by atoms with Gasteiger partial charge in [-0.1, -0.05) is 40.2 Å². The average Bonchev–Trinajstić information content (AvgIpc) is 3.28. The van der Waals surface area contributed by atoms with Crippen LogP contribution in [-0.4, -0.2) is 42.0 Å². The number of rotatable bonds is 8. The lowest BCUT2D eigenvalue weighted by Crippen LogP contribution is -2.25. The molecule has 2 aliphatic rings. The van der Waals surface area contributed by atoms with E-state index in [1.165, 1.54) is 12.2 Å². The van der Waals surface area contributed by atoms with Crippen LogP contribution >= 0.6 is 15.9 Å². The highest BCUT2D eigenvalue weighted by atomic mass is 79.9. The molecule has 7 heteroatoms. The Morgan fingerprint density at radius 3 is 2.78 bits per heavy atom. The average molecular weight is 574 g/mol. The third kappa shape index (κ3) is 9.45. The molecule has 1 aromatic carbocycles. The summed E-state index contributed by atoms with van der Waals surface area (Å²) in [6.07, 6.45) is 16.2. The number of ether oxygens (including phenoxy) is 3. The Morgan fingerprint density at radius 2 is 2.03 bits per heavy atom. The molecule has 6 nitrogen and oxygen atoms in total. The molecule has 1 aromatic rings. The van der Waals surface area contributed by atoms with Crippen LogP contribution in [0.5, 0.6) is 0 Å². The first-order valence-corrected chi connectivity index (χ1v) is 13.9. The Hall–Kier alpha value is -2.40. The summed E-state index contributed by atoms with van der Waals surface area (Å²) < 4.78 is 18.2. The Labute approximate surface area is 228 Å². The van der Waals surface area contributed by atoms with Crippen molar-refractivity contribution >= 4 is 27.9 Å². The van der Waals surface area contributed by atoms with Crippen LogP contribution in [0.3, 0.4) is 0 Å². The second kappa shape index (κ2) is 15.1. The predicted octanol–water partition coefficient (Wildman–Crippen LogP) is 5.84. The second-order valence-electron chi connectivity index (χ2n) is 9.77. The zero-order valence-electron chi connectivity index (χ0n) is 21.4. The van der Waals surface area contributed by atoms with E-state index in [9.17, 15) is 14.7 Å². The minimum absolute atomic E-state index is 0.0594. The molecule has 0 unspecified atom stereocenters. The zero-order chi connectivity index (χ0) is 26.6. The maximum atomic E-state index is 13.1. The molecule has 6 atom stereocenters. The number of halogens is 1. The summed E-state index contributed by atoms with van der Waals surface area (Å²) in [5.41, 5.74) is 0.715. The largest absolute Gasteiger partial charge is 0.464 e. The lowest BCUT2D eigenvalue weighted by atomic mass is 9.90. The fraction of sp³-hybridized carbons (Fsp3) is 0.533. The van der Waals surface area contributed by atoms with Gasteiger partial charge < -0.3 is 19.3 Å². The number of allylic oxidation sites excluding steroid dienone is 2. The van der Waals surface area contributed by atoms with E-state index in [2.05, 4.69) is 34.0 Å². The molecule has 1 fully saturated rings. The van der Waals surface area contributed by atoms with Gasteiger partial charge in [0.15, 0.2) is 6.10 Å². The molecule has 1 heterocycles. The number of aliphatic hydroxyl groups is 1. The fourth-order valence-electron chi connectivity index (χ4n) is 4.87. The van der Waals surface area contributed by atoms with Gasteiger partial charge in [0, 0.05) is 17.0 Å². The van der Waals surface area contributed by atoms with Crippen molar-refractivity contribution in [1.82, 2.24) is 0 Å². The molecule has 0 spiro atoms. The standard InChI is InChI=1S/C30H37BrO6/c1-3-4-5-9-18-35-30(34)29(22-12-14-24(31)15-13-22)37-25-19-23-11-8-6-7-10-21(2)36-28(33)17-16-27(32)26(23)20-25/h1,8,11-17,21,23,25-27,29,32H,4-7,9-10,18-20H2,2H3/b11-8+,17-16+/t21-,23+,25-,26+,27+,29-/m0/s1. The van der Waals surface area contributed by atoms with Crippen molar-refractivity contribution < 1.29 is 28.9 Å². The van der Waals surface area contributed by atoms with Gasteiger partial charge >= 0.3 is 11.9 Å². The van der Waals surface area contributed by atoms with E-state index in [-0.39, 0.29) is 30.7 Å². The molecule has 1 aliphatic heterocycles. The van der Waals surface area contributed by atoms with Gasteiger partial charge in [-0.05, 0) is 87.5 Å². The molecule has 3 rings (SSSR count). The fourth-order valence-corrected chi connectivity index (χ4v) is 5.13. The van der Waals surface area contributed by atoms with Crippen molar-refractivity contribution in [2.24, 2.45) is 11.8 Å². The molecule has 1 saturated carbocycles. The SMILES string of the molecule is C#CCCCCOC(=O)[C@@H](O[C@@H]1C[C@H]2[C@H](O)/C=C/C(=O)O[C@@H](C)CCC/C=C/[C@@H]2C1)c1ccc(Br)cc1. The first-order valence-electron chi connectivity index (χ1n) is 13.1. The zero-order valence-corrected chi connectivity index (χ0v) is 23.0. The van der Waals surface area contributed by atoms with Crippen LogP contribution < -0.4 is 0 Å². The number of esters is 2. The molecular formula is C30H37BrO6. The number of unbranched alkanes of at least 4 members (excludes halogenated alkanes) is 2. The first kappa shape index (κ1) is 29.2. The molecule has 200 valence electrons. The molecular weight excluding hydrogens is 536 g/mol. The van der Waals surface area contributed by atoms with Crippen molar-refractivity contribution in [2.45, 2.75) is 82.7 Å². The van der Waals surface area contributed by atoms with Crippen molar-refractivity contribution in [3.63, 3.8) is 0 Å². The molecule has 0 radical (unpaired) electrons. The van der Waals surface area contributed by atoms with Gasteiger partial charge in [0.25, 0.3) is 0 Å². The molecule has 37 heavy (non-hydrogen) atoms. The number of aliphatic hydroxyl groups excluding tert-OH is 1.